The van der Waals surface area contributed by atoms with Crippen LogP contribution in [-0.4, -0.2) is 38.2 Å². The summed E-state index contributed by atoms with van der Waals surface area (Å²) in [6.45, 7) is 3.72. The number of halogens is 6. The highest BCUT2D eigenvalue weighted by Crippen LogP contribution is 2.32. The number of nitrogens with zero attached hydrogens (tertiary/aromatic N) is 1. The molecule has 0 fully saturated rings. The summed E-state index contributed by atoms with van der Waals surface area (Å²) in [6.07, 6.45) is -3.80. The summed E-state index contributed by atoms with van der Waals surface area (Å²) < 4.78 is 80.2. The molecule has 0 heterocycles. The molecule has 1 amide bonds. The molecule has 5 nitrogen and oxygen atoms in total. The number of hydroxylamine groups is 2. The summed E-state index contributed by atoms with van der Waals surface area (Å²) in [7, 11) is 3.98. The summed E-state index contributed by atoms with van der Waals surface area (Å²) in [5.74, 6) is -0.998. The van der Waals surface area contributed by atoms with Crippen molar-refractivity contribution in [1.29, 1.82) is 0 Å². The normalized spacial score (nSPS) is 11.7. The maximum atomic E-state index is 12.6. The molecule has 38 heavy (non-hydrogen) atoms. The number of aryl methyl sites for hydroxylation is 2. The van der Waals surface area contributed by atoms with Crippen LogP contribution in [0.5, 0.6) is 0 Å². The van der Waals surface area contributed by atoms with Crippen molar-refractivity contribution in [2.45, 2.75) is 51.9 Å². The fraction of sp³-hybridized carbons (Fsp3) is 0.407. The van der Waals surface area contributed by atoms with Crippen LogP contribution in [-0.2, 0) is 39.6 Å². The Morgan fingerprint density at radius 1 is 0.842 bits per heavy atom. The van der Waals surface area contributed by atoms with Gasteiger partial charge in [0.05, 0.1) is 25.3 Å². The van der Waals surface area contributed by atoms with Crippen molar-refractivity contribution in [3.8, 4) is 0 Å². The second kappa shape index (κ2) is 14.6. The van der Waals surface area contributed by atoms with Gasteiger partial charge in [0, 0.05) is 18.7 Å². The molecule has 0 saturated heterocycles. The first-order valence-corrected chi connectivity index (χ1v) is 11.7. The lowest BCUT2D eigenvalue weighted by atomic mass is 9.99. The molecule has 0 aliphatic carbocycles. The number of hydrogen-bond acceptors (Lipinski definition) is 4. The first-order valence-electron chi connectivity index (χ1n) is 11.7. The van der Waals surface area contributed by atoms with E-state index >= 15 is 0 Å². The lowest BCUT2D eigenvalue weighted by Gasteiger charge is -2.17. The first-order chi connectivity index (χ1) is 17.7. The Morgan fingerprint density at radius 3 is 1.82 bits per heavy atom. The molecule has 2 aromatic carbocycles. The van der Waals surface area contributed by atoms with E-state index in [-0.39, 0.29) is 5.56 Å². The van der Waals surface area contributed by atoms with Gasteiger partial charge in [-0.15, -0.1) is 0 Å². The lowest BCUT2D eigenvalue weighted by Crippen LogP contribution is -2.26. The summed E-state index contributed by atoms with van der Waals surface area (Å²) in [4.78, 5) is 27.7. The topological polar surface area (TPSA) is 55.8 Å². The van der Waals surface area contributed by atoms with Crippen LogP contribution in [0.15, 0.2) is 42.5 Å². The minimum absolute atomic E-state index is 0.235. The number of benzene rings is 2. The average Bonchev–Trinajstić information content (AvgIpc) is 2.86. The van der Waals surface area contributed by atoms with E-state index in [1.165, 1.54) is 45.6 Å². The Labute approximate surface area is 218 Å². The number of carbonyl (C=O) groups is 2. The highest BCUT2D eigenvalue weighted by atomic mass is 19.4. The quantitative estimate of drug-likeness (QED) is 0.153. The number of amides is 1. The number of methoxy groups -OCH3 is 1. The molecule has 0 atom stereocenters. The predicted molar refractivity (Wildman–Crippen MR) is 131 cm³/mol. The molecule has 0 spiro atoms. The molecule has 210 valence electrons. The van der Waals surface area contributed by atoms with Crippen molar-refractivity contribution in [3.63, 3.8) is 0 Å². The third-order valence-corrected chi connectivity index (χ3v) is 5.33. The van der Waals surface area contributed by atoms with E-state index in [1.807, 2.05) is 13.8 Å². The van der Waals surface area contributed by atoms with Crippen molar-refractivity contribution >= 4 is 18.0 Å². The summed E-state index contributed by atoms with van der Waals surface area (Å²) in [5, 5.41) is 0.988. The third kappa shape index (κ3) is 9.85. The van der Waals surface area contributed by atoms with Gasteiger partial charge in [-0.05, 0) is 65.9 Å². The van der Waals surface area contributed by atoms with E-state index in [2.05, 4.69) is 4.74 Å². The van der Waals surface area contributed by atoms with Crippen LogP contribution in [0.4, 0.5) is 26.3 Å². The van der Waals surface area contributed by atoms with E-state index in [9.17, 15) is 35.9 Å². The fourth-order valence-corrected chi connectivity index (χ4v) is 3.36. The van der Waals surface area contributed by atoms with Crippen LogP contribution in [0.2, 0.25) is 0 Å². The number of esters is 1. The van der Waals surface area contributed by atoms with E-state index in [1.54, 1.807) is 0 Å². The van der Waals surface area contributed by atoms with Gasteiger partial charge in [0.15, 0.2) is 0 Å². The van der Waals surface area contributed by atoms with Crippen molar-refractivity contribution in [1.82, 2.24) is 5.06 Å². The Bertz CT molecular complexity index is 1110. The third-order valence-electron chi connectivity index (χ3n) is 5.33. The number of carbonyl (C=O) groups excluding carboxylic acids is 2. The van der Waals surface area contributed by atoms with Gasteiger partial charge >= 0.3 is 18.3 Å². The van der Waals surface area contributed by atoms with Gasteiger partial charge in [0.25, 0.3) is 5.91 Å². The largest absolute Gasteiger partial charge is 0.466 e. The maximum Gasteiger partial charge on any atom is 0.416 e. The standard InChI is InChI=1S/C14H15F3O2.C13H16F3NO2/c1-3-4-11-9-12(14(15,16)17)7-5-10(11)6-8-13(18)19-2;1-4-5-9-8-10(13(14,15)16)6-7-11(9)12(18)17(2)19-3/h5-9H,3-4H2,1-2H3;6-8H,4-5H2,1-3H3. The van der Waals surface area contributed by atoms with Crippen molar-refractivity contribution in [2.75, 3.05) is 21.3 Å². The number of ether oxygens (including phenoxy) is 1. The van der Waals surface area contributed by atoms with Gasteiger partial charge in [0.1, 0.15) is 0 Å². The van der Waals surface area contributed by atoms with Gasteiger partial charge in [-0.3, -0.25) is 9.63 Å². The van der Waals surface area contributed by atoms with Crippen LogP contribution in [0.25, 0.3) is 6.08 Å². The molecule has 0 aromatic heterocycles. The highest BCUT2D eigenvalue weighted by molar-refractivity contribution is 5.95. The van der Waals surface area contributed by atoms with Crippen molar-refractivity contribution in [3.05, 3.63) is 75.9 Å². The summed E-state index contributed by atoms with van der Waals surface area (Å²) in [6, 6.07) is 6.64. The second-order valence-electron chi connectivity index (χ2n) is 8.12. The number of rotatable bonds is 8. The Morgan fingerprint density at radius 2 is 1.34 bits per heavy atom. The molecule has 0 saturated carbocycles. The van der Waals surface area contributed by atoms with Crippen LogP contribution in [0, 0.1) is 0 Å². The molecule has 2 rings (SSSR count). The molecular weight excluding hydrogens is 516 g/mol. The fourth-order valence-electron chi connectivity index (χ4n) is 3.36. The molecule has 0 bridgehead atoms. The van der Waals surface area contributed by atoms with Gasteiger partial charge in [-0.2, -0.15) is 26.3 Å². The Balaban J connectivity index is 0.000000380. The Hall–Kier alpha value is -3.34. The molecule has 0 aliphatic heterocycles. The number of alkyl halides is 6. The van der Waals surface area contributed by atoms with E-state index in [0.717, 1.165) is 35.7 Å². The molecule has 0 N–H and O–H groups in total. The molecular formula is C27H31F6NO4. The molecule has 0 unspecified atom stereocenters. The maximum absolute atomic E-state index is 12.6. The smallest absolute Gasteiger partial charge is 0.416 e. The summed E-state index contributed by atoms with van der Waals surface area (Å²) >= 11 is 0. The van der Waals surface area contributed by atoms with E-state index in [0.29, 0.717) is 36.0 Å². The molecule has 0 radical (unpaired) electrons. The van der Waals surface area contributed by atoms with Gasteiger partial charge in [0.2, 0.25) is 0 Å². The Kier molecular flexibility index (Phi) is 12.5. The van der Waals surface area contributed by atoms with E-state index < -0.39 is 35.4 Å². The molecule has 11 heteroatoms. The summed E-state index contributed by atoms with van der Waals surface area (Å²) in [5.41, 5.74) is 0.363. The average molecular weight is 548 g/mol. The highest BCUT2D eigenvalue weighted by Gasteiger charge is 2.32. The SMILES string of the molecule is CCCc1cc(C(F)(F)F)ccc1C(=O)N(C)OC.CCCc1cc(C(F)(F)F)ccc1C=CC(=O)OC. The lowest BCUT2D eigenvalue weighted by molar-refractivity contribution is -0.138. The second-order valence-corrected chi connectivity index (χ2v) is 8.12. The first kappa shape index (κ1) is 32.7. The molecule has 0 aliphatic rings. The molecule has 2 aromatic rings. The van der Waals surface area contributed by atoms with Gasteiger partial charge < -0.3 is 4.74 Å². The van der Waals surface area contributed by atoms with E-state index in [4.69, 9.17) is 4.84 Å². The van der Waals surface area contributed by atoms with Gasteiger partial charge in [-0.25, -0.2) is 9.86 Å². The van der Waals surface area contributed by atoms with Crippen LogP contribution >= 0.6 is 0 Å². The van der Waals surface area contributed by atoms with Crippen molar-refractivity contribution < 1.29 is 45.5 Å². The zero-order chi connectivity index (χ0) is 29.1. The minimum Gasteiger partial charge on any atom is -0.466 e. The van der Waals surface area contributed by atoms with Crippen LogP contribution in [0.1, 0.15) is 64.9 Å². The zero-order valence-corrected chi connectivity index (χ0v) is 21.8. The van der Waals surface area contributed by atoms with Crippen LogP contribution in [0.3, 0.4) is 0 Å². The number of hydrogen-bond donors (Lipinski definition) is 0. The van der Waals surface area contributed by atoms with Crippen molar-refractivity contribution in [2.24, 2.45) is 0 Å². The van der Waals surface area contributed by atoms with Gasteiger partial charge in [-0.1, -0.05) is 32.8 Å². The van der Waals surface area contributed by atoms with Crippen LogP contribution < -0.4 is 0 Å². The minimum atomic E-state index is -4.41. The zero-order valence-electron chi connectivity index (χ0n) is 21.8. The predicted octanol–water partition coefficient (Wildman–Crippen LogP) is 7.14. The monoisotopic (exact) mass is 547 g/mol.